The van der Waals surface area contributed by atoms with Crippen LogP contribution in [-0.4, -0.2) is 61.2 Å². The van der Waals surface area contributed by atoms with E-state index < -0.39 is 24.0 Å². The number of allylic oxidation sites excluding steroid dienone is 2. The second kappa shape index (κ2) is 17.9. The highest BCUT2D eigenvalue weighted by atomic mass is 16.5. The van der Waals surface area contributed by atoms with E-state index in [1.165, 1.54) is 24.0 Å². The van der Waals surface area contributed by atoms with Crippen LogP contribution >= 0.6 is 0 Å². The molecule has 2 atom stereocenters. The van der Waals surface area contributed by atoms with Crippen molar-refractivity contribution in [3.05, 3.63) is 178 Å². The highest BCUT2D eigenvalue weighted by molar-refractivity contribution is 5.99. The van der Waals surface area contributed by atoms with Crippen LogP contribution in [0.15, 0.2) is 156 Å². The van der Waals surface area contributed by atoms with Gasteiger partial charge in [0.15, 0.2) is 0 Å². The average molecular weight is 831 g/mol. The van der Waals surface area contributed by atoms with Crippen LogP contribution in [0.4, 0.5) is 9.59 Å². The number of nitrogens with one attached hydrogen (secondary N) is 2. The fraction of sp³-hybridized carbons (Fsp3) is 0.200. The van der Waals surface area contributed by atoms with E-state index in [2.05, 4.69) is 10.6 Å². The Morgan fingerprint density at radius 1 is 0.516 bits per heavy atom. The first kappa shape index (κ1) is 41.1. The molecular formula is C50H46N4O8. The van der Waals surface area contributed by atoms with Crippen LogP contribution in [-0.2, 0) is 32.2 Å². The summed E-state index contributed by atoms with van der Waals surface area (Å²) >= 11 is 0. The summed E-state index contributed by atoms with van der Waals surface area (Å²) in [4.78, 5) is 58.1. The van der Waals surface area contributed by atoms with Crippen molar-refractivity contribution >= 4 is 45.5 Å². The SMILES string of the molecule is COC(=O)C1=C(C)N(Cc2ccccc2)C(=O)NC1c1c(OCCOc2ccc3ccccc3c2C2NC(=O)N(Cc3ccccc3)C(C)=C2C(=O)OC)ccc2ccccc12. The topological polar surface area (TPSA) is 136 Å². The number of urea groups is 2. The summed E-state index contributed by atoms with van der Waals surface area (Å²) in [5, 5.41) is 9.51. The van der Waals surface area contributed by atoms with E-state index in [-0.39, 0.29) is 49.5 Å². The average Bonchev–Trinajstić information content (AvgIpc) is 3.30. The number of hydrogen-bond acceptors (Lipinski definition) is 8. The molecule has 0 aliphatic carbocycles. The molecule has 2 aliphatic heterocycles. The van der Waals surface area contributed by atoms with Gasteiger partial charge in [-0.1, -0.05) is 121 Å². The van der Waals surface area contributed by atoms with Gasteiger partial charge in [-0.05, 0) is 58.7 Å². The maximum absolute atomic E-state index is 13.9. The number of carbonyl (C=O) groups excluding carboxylic acids is 4. The van der Waals surface area contributed by atoms with Gasteiger partial charge in [0.25, 0.3) is 0 Å². The maximum Gasteiger partial charge on any atom is 0.337 e. The fourth-order valence-corrected chi connectivity index (χ4v) is 8.36. The van der Waals surface area contributed by atoms with Gasteiger partial charge in [0.2, 0.25) is 0 Å². The monoisotopic (exact) mass is 830 g/mol. The Morgan fingerprint density at radius 2 is 0.887 bits per heavy atom. The minimum atomic E-state index is -0.903. The lowest BCUT2D eigenvalue weighted by molar-refractivity contribution is -0.137. The zero-order valence-electron chi connectivity index (χ0n) is 34.8. The molecule has 314 valence electrons. The van der Waals surface area contributed by atoms with Crippen molar-refractivity contribution in [2.24, 2.45) is 0 Å². The molecule has 12 nitrogen and oxygen atoms in total. The molecule has 0 radical (unpaired) electrons. The molecule has 62 heavy (non-hydrogen) atoms. The molecule has 0 aromatic heterocycles. The molecule has 6 aromatic carbocycles. The molecule has 0 bridgehead atoms. The van der Waals surface area contributed by atoms with Gasteiger partial charge >= 0.3 is 24.0 Å². The number of fused-ring (bicyclic) bond motifs is 2. The molecule has 12 heteroatoms. The van der Waals surface area contributed by atoms with Crippen LogP contribution in [0.3, 0.4) is 0 Å². The summed E-state index contributed by atoms with van der Waals surface area (Å²) in [5.41, 5.74) is 4.48. The van der Waals surface area contributed by atoms with Gasteiger partial charge in [-0.15, -0.1) is 0 Å². The van der Waals surface area contributed by atoms with Gasteiger partial charge in [0.05, 0.1) is 50.5 Å². The molecule has 2 aliphatic rings. The summed E-state index contributed by atoms with van der Waals surface area (Å²) in [6, 6.07) is 39.4. The van der Waals surface area contributed by atoms with E-state index in [4.69, 9.17) is 18.9 Å². The van der Waals surface area contributed by atoms with Gasteiger partial charge in [0, 0.05) is 22.5 Å². The predicted octanol–water partition coefficient (Wildman–Crippen LogP) is 8.88. The largest absolute Gasteiger partial charge is 0.490 e. The van der Waals surface area contributed by atoms with Crippen molar-refractivity contribution in [1.82, 2.24) is 20.4 Å². The van der Waals surface area contributed by atoms with Gasteiger partial charge in [0.1, 0.15) is 24.7 Å². The van der Waals surface area contributed by atoms with E-state index in [9.17, 15) is 19.2 Å². The van der Waals surface area contributed by atoms with Gasteiger partial charge < -0.3 is 29.6 Å². The lowest BCUT2D eigenvalue weighted by Crippen LogP contribution is -2.47. The fourth-order valence-electron chi connectivity index (χ4n) is 8.36. The van der Waals surface area contributed by atoms with Crippen molar-refractivity contribution in [3.63, 3.8) is 0 Å². The zero-order valence-corrected chi connectivity index (χ0v) is 34.8. The first-order chi connectivity index (χ1) is 30.2. The highest BCUT2D eigenvalue weighted by Crippen LogP contribution is 2.42. The second-order valence-corrected chi connectivity index (χ2v) is 15.0. The van der Waals surface area contributed by atoms with Crippen LogP contribution in [0, 0.1) is 0 Å². The third-order valence-electron chi connectivity index (χ3n) is 11.4. The first-order valence-electron chi connectivity index (χ1n) is 20.3. The zero-order chi connectivity index (χ0) is 43.3. The van der Waals surface area contributed by atoms with Crippen molar-refractivity contribution in [3.8, 4) is 11.5 Å². The Balaban J connectivity index is 1.11. The van der Waals surface area contributed by atoms with Crippen molar-refractivity contribution in [2.75, 3.05) is 27.4 Å². The van der Waals surface area contributed by atoms with Crippen molar-refractivity contribution in [1.29, 1.82) is 0 Å². The molecule has 2 heterocycles. The molecule has 4 amide bonds. The third kappa shape index (κ3) is 8.02. The summed E-state index contributed by atoms with van der Waals surface area (Å²) in [6.45, 7) is 4.11. The number of ether oxygens (including phenoxy) is 4. The van der Waals surface area contributed by atoms with Gasteiger partial charge in [-0.3, -0.25) is 9.80 Å². The lowest BCUT2D eigenvalue weighted by atomic mass is 9.90. The van der Waals surface area contributed by atoms with Crippen LogP contribution in [0.5, 0.6) is 11.5 Å². The predicted molar refractivity (Wildman–Crippen MR) is 235 cm³/mol. The number of hydrogen-bond donors (Lipinski definition) is 2. The minimum absolute atomic E-state index is 0.0509. The maximum atomic E-state index is 13.9. The van der Waals surface area contributed by atoms with Crippen molar-refractivity contribution < 1.29 is 38.1 Å². The summed E-state index contributed by atoms with van der Waals surface area (Å²) in [7, 11) is 2.64. The number of amides is 4. The Hall–Kier alpha value is -7.60. The molecule has 8 rings (SSSR count). The summed E-state index contributed by atoms with van der Waals surface area (Å²) < 4.78 is 23.6. The highest BCUT2D eigenvalue weighted by Gasteiger charge is 2.40. The number of nitrogens with zero attached hydrogens (tertiary/aromatic N) is 2. The van der Waals surface area contributed by atoms with E-state index in [1.54, 1.807) is 13.8 Å². The van der Waals surface area contributed by atoms with Crippen LogP contribution < -0.4 is 20.1 Å². The molecule has 0 fully saturated rings. The van der Waals surface area contributed by atoms with E-state index >= 15 is 0 Å². The van der Waals surface area contributed by atoms with Crippen LogP contribution in [0.2, 0.25) is 0 Å². The smallest absolute Gasteiger partial charge is 0.337 e. The molecule has 0 saturated heterocycles. The number of rotatable bonds is 13. The summed E-state index contributed by atoms with van der Waals surface area (Å²) in [6.07, 6.45) is 0. The second-order valence-electron chi connectivity index (χ2n) is 15.0. The quantitative estimate of drug-likeness (QED) is 0.0871. The van der Waals surface area contributed by atoms with Crippen LogP contribution in [0.25, 0.3) is 21.5 Å². The number of benzene rings is 6. The van der Waals surface area contributed by atoms with E-state index in [1.807, 2.05) is 133 Å². The van der Waals surface area contributed by atoms with E-state index in [0.717, 1.165) is 32.7 Å². The summed E-state index contributed by atoms with van der Waals surface area (Å²) in [5.74, 6) is -0.284. The Kier molecular flexibility index (Phi) is 11.9. The van der Waals surface area contributed by atoms with Crippen LogP contribution in [0.1, 0.15) is 48.2 Å². The first-order valence-corrected chi connectivity index (χ1v) is 20.3. The molecule has 2 N–H and O–H groups in total. The Morgan fingerprint density at radius 3 is 1.27 bits per heavy atom. The molecular weight excluding hydrogens is 785 g/mol. The Bertz CT molecular complexity index is 2560. The number of methoxy groups -OCH3 is 2. The number of esters is 2. The Labute approximate surface area is 359 Å². The standard InChI is InChI=1S/C50H46N4O8/c1-31-41(47(55)59-3)45(51-49(57)53(31)29-33-15-7-5-8-16-33)43-37-21-13-11-19-35(37)23-25-39(43)61-27-28-62-40-26-24-36-20-12-14-22-38(36)44(40)46-42(48(56)60-4)32(2)54(50(58)52-46)30-34-17-9-6-10-18-34/h5-26,45-46H,27-30H2,1-4H3,(H,51,57)(H,52,58). The van der Waals surface area contributed by atoms with Gasteiger partial charge in [-0.2, -0.15) is 0 Å². The molecule has 0 saturated carbocycles. The minimum Gasteiger partial charge on any atom is -0.490 e. The third-order valence-corrected chi connectivity index (χ3v) is 11.4. The van der Waals surface area contributed by atoms with E-state index in [0.29, 0.717) is 34.0 Å². The molecule has 2 unspecified atom stereocenters. The molecule has 6 aromatic rings. The lowest BCUT2D eigenvalue weighted by Gasteiger charge is -2.36. The number of carbonyl (C=O) groups is 4. The van der Waals surface area contributed by atoms with Crippen molar-refractivity contribution in [2.45, 2.75) is 39.0 Å². The molecule has 0 spiro atoms. The van der Waals surface area contributed by atoms with Gasteiger partial charge in [-0.25, -0.2) is 19.2 Å². The normalized spacial score (nSPS) is 16.6.